The second kappa shape index (κ2) is 6.26. The lowest BCUT2D eigenvalue weighted by Gasteiger charge is -2.09. The summed E-state index contributed by atoms with van der Waals surface area (Å²) in [7, 11) is 0. The summed E-state index contributed by atoms with van der Waals surface area (Å²) in [5.74, 6) is -0.0476. The molecule has 0 atom stereocenters. The average molecular weight is 329 g/mol. The van der Waals surface area contributed by atoms with Gasteiger partial charge in [-0.3, -0.25) is 4.79 Å². The van der Waals surface area contributed by atoms with Gasteiger partial charge in [-0.05, 0) is 30.3 Å². The number of carbonyl (C=O) groups excluding carboxylic acids is 1. The third-order valence-corrected chi connectivity index (χ3v) is 3.61. The standard InChI is InChI=1S/C18H13ClO4/c1-11(20)22-17-7-6-15(19)10-13(17)9-14-8-12-4-2-3-5-16(12)23-18(14)21/h2-8,10H,9H2,1H3. The van der Waals surface area contributed by atoms with E-state index >= 15 is 0 Å². The molecular weight excluding hydrogens is 316 g/mol. The van der Waals surface area contributed by atoms with Gasteiger partial charge in [0.2, 0.25) is 0 Å². The van der Waals surface area contributed by atoms with Crippen molar-refractivity contribution >= 4 is 28.5 Å². The largest absolute Gasteiger partial charge is 0.426 e. The second-order valence-corrected chi connectivity index (χ2v) is 5.56. The van der Waals surface area contributed by atoms with E-state index in [0.717, 1.165) is 5.39 Å². The number of hydrogen-bond donors (Lipinski definition) is 0. The van der Waals surface area contributed by atoms with Crippen molar-refractivity contribution in [1.29, 1.82) is 0 Å². The molecule has 1 aromatic heterocycles. The number of carbonyl (C=O) groups is 1. The Balaban J connectivity index is 2.05. The fourth-order valence-electron chi connectivity index (χ4n) is 2.37. The molecule has 23 heavy (non-hydrogen) atoms. The molecule has 0 N–H and O–H groups in total. The summed E-state index contributed by atoms with van der Waals surface area (Å²) >= 11 is 6.01. The van der Waals surface area contributed by atoms with Crippen LogP contribution in [0.5, 0.6) is 5.75 Å². The number of esters is 1. The molecule has 0 unspecified atom stereocenters. The highest BCUT2D eigenvalue weighted by atomic mass is 35.5. The van der Waals surface area contributed by atoms with Crippen LogP contribution in [0.3, 0.4) is 0 Å². The molecule has 5 heteroatoms. The zero-order chi connectivity index (χ0) is 16.4. The highest BCUT2D eigenvalue weighted by molar-refractivity contribution is 6.30. The molecule has 4 nitrogen and oxygen atoms in total. The summed E-state index contributed by atoms with van der Waals surface area (Å²) in [6.07, 6.45) is 0.260. The highest BCUT2D eigenvalue weighted by Gasteiger charge is 2.12. The van der Waals surface area contributed by atoms with Crippen LogP contribution in [0.1, 0.15) is 18.1 Å². The zero-order valence-corrected chi connectivity index (χ0v) is 13.1. The highest BCUT2D eigenvalue weighted by Crippen LogP contribution is 2.26. The van der Waals surface area contributed by atoms with E-state index in [1.54, 1.807) is 36.4 Å². The lowest BCUT2D eigenvalue weighted by molar-refractivity contribution is -0.131. The van der Waals surface area contributed by atoms with E-state index in [4.69, 9.17) is 20.8 Å². The van der Waals surface area contributed by atoms with Crippen LogP contribution in [-0.4, -0.2) is 5.97 Å². The first-order valence-corrected chi connectivity index (χ1v) is 7.39. The van der Waals surface area contributed by atoms with Gasteiger partial charge in [-0.2, -0.15) is 0 Å². The molecule has 0 aliphatic heterocycles. The van der Waals surface area contributed by atoms with E-state index in [2.05, 4.69) is 0 Å². The lowest BCUT2D eigenvalue weighted by Crippen LogP contribution is -2.10. The van der Waals surface area contributed by atoms with Crippen molar-refractivity contribution < 1.29 is 13.9 Å². The van der Waals surface area contributed by atoms with Crippen molar-refractivity contribution in [3.05, 3.63) is 75.1 Å². The van der Waals surface area contributed by atoms with E-state index in [1.165, 1.54) is 6.92 Å². The quantitative estimate of drug-likeness (QED) is 0.415. The van der Waals surface area contributed by atoms with Gasteiger partial charge >= 0.3 is 11.6 Å². The van der Waals surface area contributed by atoms with E-state index < -0.39 is 11.6 Å². The molecule has 0 aliphatic rings. The molecule has 3 aromatic rings. The maximum Gasteiger partial charge on any atom is 0.339 e. The fraction of sp³-hybridized carbons (Fsp3) is 0.111. The zero-order valence-electron chi connectivity index (χ0n) is 12.3. The molecule has 0 saturated heterocycles. The van der Waals surface area contributed by atoms with Gasteiger partial charge in [0.05, 0.1) is 0 Å². The van der Waals surface area contributed by atoms with Crippen LogP contribution in [0.4, 0.5) is 0 Å². The van der Waals surface area contributed by atoms with Gasteiger partial charge in [0.1, 0.15) is 11.3 Å². The predicted octanol–water partition coefficient (Wildman–Crippen LogP) is 3.96. The number of benzene rings is 2. The van der Waals surface area contributed by atoms with Gasteiger partial charge < -0.3 is 9.15 Å². The third-order valence-electron chi connectivity index (χ3n) is 3.37. The van der Waals surface area contributed by atoms with Gasteiger partial charge in [-0.15, -0.1) is 0 Å². The van der Waals surface area contributed by atoms with Gasteiger partial charge in [-0.1, -0.05) is 29.8 Å². The summed E-state index contributed by atoms with van der Waals surface area (Å²) in [5.41, 5.74) is 1.24. The topological polar surface area (TPSA) is 56.5 Å². The molecule has 1 heterocycles. The Labute approximate surface area is 137 Å². The Morgan fingerprint density at radius 1 is 1.13 bits per heavy atom. The van der Waals surface area contributed by atoms with E-state index in [9.17, 15) is 9.59 Å². The first-order valence-electron chi connectivity index (χ1n) is 7.01. The molecule has 3 rings (SSSR count). The van der Waals surface area contributed by atoms with Crippen LogP contribution < -0.4 is 10.4 Å². The van der Waals surface area contributed by atoms with Gasteiger partial charge in [0, 0.05) is 34.9 Å². The minimum atomic E-state index is -0.431. The molecule has 0 bridgehead atoms. The van der Waals surface area contributed by atoms with Crippen molar-refractivity contribution in [2.24, 2.45) is 0 Å². The molecule has 0 amide bonds. The summed E-state index contributed by atoms with van der Waals surface area (Å²) in [4.78, 5) is 23.4. The molecule has 0 aliphatic carbocycles. The molecule has 0 radical (unpaired) electrons. The number of hydrogen-bond acceptors (Lipinski definition) is 4. The monoisotopic (exact) mass is 328 g/mol. The Morgan fingerprint density at radius 3 is 2.70 bits per heavy atom. The van der Waals surface area contributed by atoms with Gasteiger partial charge in [0.15, 0.2) is 0 Å². The van der Waals surface area contributed by atoms with Crippen molar-refractivity contribution in [2.45, 2.75) is 13.3 Å². The molecule has 0 saturated carbocycles. The maximum absolute atomic E-state index is 12.1. The number of para-hydroxylation sites is 1. The normalized spacial score (nSPS) is 10.7. The number of fused-ring (bicyclic) bond motifs is 1. The third kappa shape index (κ3) is 3.43. The predicted molar refractivity (Wildman–Crippen MR) is 88.1 cm³/mol. The Bertz CT molecular complexity index is 943. The second-order valence-electron chi connectivity index (χ2n) is 5.12. The Morgan fingerprint density at radius 2 is 1.91 bits per heavy atom. The smallest absolute Gasteiger partial charge is 0.339 e. The number of rotatable bonds is 3. The van der Waals surface area contributed by atoms with Crippen LogP contribution >= 0.6 is 11.6 Å². The summed E-state index contributed by atoms with van der Waals surface area (Å²) in [6, 6.07) is 14.0. The summed E-state index contributed by atoms with van der Waals surface area (Å²) in [6.45, 7) is 1.32. The Hall–Kier alpha value is -2.59. The van der Waals surface area contributed by atoms with E-state index in [-0.39, 0.29) is 6.42 Å². The van der Waals surface area contributed by atoms with Crippen molar-refractivity contribution in [1.82, 2.24) is 0 Å². The number of halogens is 1. The molecule has 2 aromatic carbocycles. The van der Waals surface area contributed by atoms with E-state index in [0.29, 0.717) is 27.5 Å². The van der Waals surface area contributed by atoms with Crippen LogP contribution in [0.15, 0.2) is 57.7 Å². The van der Waals surface area contributed by atoms with Crippen LogP contribution in [-0.2, 0) is 11.2 Å². The van der Waals surface area contributed by atoms with Crippen molar-refractivity contribution in [3.8, 4) is 5.75 Å². The minimum absolute atomic E-state index is 0.260. The maximum atomic E-state index is 12.1. The fourth-order valence-corrected chi connectivity index (χ4v) is 2.57. The molecule has 116 valence electrons. The SMILES string of the molecule is CC(=O)Oc1ccc(Cl)cc1Cc1cc2ccccc2oc1=O. The summed E-state index contributed by atoms with van der Waals surface area (Å²) < 4.78 is 10.5. The first-order chi connectivity index (χ1) is 11.0. The van der Waals surface area contributed by atoms with Crippen LogP contribution in [0.2, 0.25) is 5.02 Å². The number of ether oxygens (including phenoxy) is 1. The first kappa shape index (κ1) is 15.3. The molecular formula is C18H13ClO4. The van der Waals surface area contributed by atoms with Crippen LogP contribution in [0.25, 0.3) is 11.0 Å². The molecule has 0 spiro atoms. The van der Waals surface area contributed by atoms with E-state index in [1.807, 2.05) is 12.1 Å². The minimum Gasteiger partial charge on any atom is -0.426 e. The average Bonchev–Trinajstić information content (AvgIpc) is 2.50. The van der Waals surface area contributed by atoms with Crippen LogP contribution in [0, 0.1) is 0 Å². The Kier molecular flexibility index (Phi) is 4.17. The van der Waals surface area contributed by atoms with Crippen molar-refractivity contribution in [3.63, 3.8) is 0 Å². The van der Waals surface area contributed by atoms with Gasteiger partial charge in [-0.25, -0.2) is 4.79 Å². The molecule has 0 fully saturated rings. The van der Waals surface area contributed by atoms with Crippen molar-refractivity contribution in [2.75, 3.05) is 0 Å². The lowest BCUT2D eigenvalue weighted by atomic mass is 10.0. The summed E-state index contributed by atoms with van der Waals surface area (Å²) in [5, 5.41) is 1.33. The van der Waals surface area contributed by atoms with Gasteiger partial charge in [0.25, 0.3) is 0 Å².